The van der Waals surface area contributed by atoms with E-state index in [9.17, 15) is 15.3 Å². The van der Waals surface area contributed by atoms with Gasteiger partial charge in [0.05, 0.1) is 11.1 Å². The lowest BCUT2D eigenvalue weighted by atomic mass is 9.92. The number of halogens is 2. The molecule has 0 amide bonds. The third-order valence-electron chi connectivity index (χ3n) is 2.54. The van der Waals surface area contributed by atoms with Gasteiger partial charge < -0.3 is 21.1 Å². The lowest BCUT2D eigenvalue weighted by Gasteiger charge is -2.21. The van der Waals surface area contributed by atoms with Crippen molar-refractivity contribution in [1.82, 2.24) is 0 Å². The van der Waals surface area contributed by atoms with Crippen molar-refractivity contribution in [2.75, 3.05) is 6.54 Å². The van der Waals surface area contributed by atoms with Crippen LogP contribution in [0.4, 0.5) is 0 Å². The Labute approximate surface area is 110 Å². The van der Waals surface area contributed by atoms with E-state index < -0.39 is 11.9 Å². The standard InChI is InChI=1S/C11H15Cl2NO3/c1-4(2)6-7(5(15)3-14)8(12)9(13)11(17)10(6)16/h4-5,15-17H,3,14H2,1-2H3/t5-/m1/s1. The quantitative estimate of drug-likeness (QED) is 0.641. The number of phenols is 2. The molecule has 1 aromatic rings. The first-order valence-electron chi connectivity index (χ1n) is 5.13. The normalized spacial score (nSPS) is 13.1. The molecule has 0 saturated heterocycles. The third-order valence-corrected chi connectivity index (χ3v) is 3.40. The average molecular weight is 280 g/mol. The number of hydrogen-bond donors (Lipinski definition) is 4. The van der Waals surface area contributed by atoms with Crippen LogP contribution in [0, 0.1) is 0 Å². The maximum atomic E-state index is 9.85. The molecule has 4 nitrogen and oxygen atoms in total. The number of rotatable bonds is 3. The van der Waals surface area contributed by atoms with E-state index in [0.29, 0.717) is 5.56 Å². The van der Waals surface area contributed by atoms with E-state index in [0.717, 1.165) is 0 Å². The van der Waals surface area contributed by atoms with Crippen LogP contribution in [0.3, 0.4) is 0 Å². The molecule has 5 N–H and O–H groups in total. The first-order valence-corrected chi connectivity index (χ1v) is 5.89. The Kier molecular flexibility index (Phi) is 4.49. The van der Waals surface area contributed by atoms with E-state index in [1.54, 1.807) is 13.8 Å². The van der Waals surface area contributed by atoms with Crippen LogP contribution < -0.4 is 5.73 Å². The van der Waals surface area contributed by atoms with Gasteiger partial charge in [-0.3, -0.25) is 0 Å². The number of hydrogen-bond acceptors (Lipinski definition) is 4. The fourth-order valence-electron chi connectivity index (χ4n) is 1.73. The van der Waals surface area contributed by atoms with Crippen LogP contribution in [0.25, 0.3) is 0 Å². The second kappa shape index (κ2) is 5.31. The fourth-order valence-corrected chi connectivity index (χ4v) is 2.24. The molecule has 0 aliphatic rings. The van der Waals surface area contributed by atoms with E-state index >= 15 is 0 Å². The van der Waals surface area contributed by atoms with E-state index in [2.05, 4.69) is 0 Å². The minimum Gasteiger partial charge on any atom is -0.504 e. The smallest absolute Gasteiger partial charge is 0.178 e. The van der Waals surface area contributed by atoms with Crippen LogP contribution in [0.15, 0.2) is 0 Å². The van der Waals surface area contributed by atoms with Crippen LogP contribution in [-0.4, -0.2) is 21.9 Å². The highest BCUT2D eigenvalue weighted by Gasteiger charge is 2.26. The monoisotopic (exact) mass is 279 g/mol. The van der Waals surface area contributed by atoms with Crippen LogP contribution in [0.5, 0.6) is 11.5 Å². The minimum atomic E-state index is -1.04. The summed E-state index contributed by atoms with van der Waals surface area (Å²) in [5, 5.41) is 29.1. The summed E-state index contributed by atoms with van der Waals surface area (Å²) in [6.45, 7) is 3.54. The van der Waals surface area contributed by atoms with Crippen molar-refractivity contribution in [3.05, 3.63) is 21.2 Å². The van der Waals surface area contributed by atoms with Gasteiger partial charge in [-0.15, -0.1) is 0 Å². The maximum Gasteiger partial charge on any atom is 0.178 e. The van der Waals surface area contributed by atoms with E-state index in [-0.39, 0.29) is 33.8 Å². The second-order valence-corrected chi connectivity index (χ2v) is 4.81. The Bertz CT molecular complexity index is 435. The van der Waals surface area contributed by atoms with Gasteiger partial charge in [0.1, 0.15) is 5.02 Å². The molecule has 1 rings (SSSR count). The summed E-state index contributed by atoms with van der Waals surface area (Å²) >= 11 is 11.7. The molecule has 0 aliphatic heterocycles. The predicted molar refractivity (Wildman–Crippen MR) is 67.9 cm³/mol. The van der Waals surface area contributed by atoms with Crippen molar-refractivity contribution in [2.45, 2.75) is 25.9 Å². The van der Waals surface area contributed by atoms with Gasteiger partial charge in [-0.2, -0.15) is 0 Å². The molecule has 0 fully saturated rings. The third kappa shape index (κ3) is 2.45. The lowest BCUT2D eigenvalue weighted by Crippen LogP contribution is -2.15. The number of aliphatic hydroxyl groups excluding tert-OH is 1. The molecular formula is C11H15Cl2NO3. The molecule has 0 unspecified atom stereocenters. The predicted octanol–water partition coefficient (Wildman–Crippen LogP) is 2.52. The second-order valence-electron chi connectivity index (χ2n) is 4.06. The summed E-state index contributed by atoms with van der Waals surface area (Å²) in [5.74, 6) is -0.989. The van der Waals surface area contributed by atoms with Gasteiger partial charge in [-0.25, -0.2) is 0 Å². The van der Waals surface area contributed by atoms with Gasteiger partial charge in [0.2, 0.25) is 0 Å². The van der Waals surface area contributed by atoms with Crippen LogP contribution >= 0.6 is 23.2 Å². The van der Waals surface area contributed by atoms with Gasteiger partial charge in [-0.1, -0.05) is 37.0 Å². The SMILES string of the molecule is CC(C)c1c(O)c(O)c(Cl)c(Cl)c1[C@H](O)CN. The number of phenolic OH excluding ortho intramolecular Hbond substituents is 2. The van der Waals surface area contributed by atoms with Crippen molar-refractivity contribution in [1.29, 1.82) is 0 Å². The molecule has 1 atom stereocenters. The number of aliphatic hydroxyl groups is 1. The molecule has 96 valence electrons. The average Bonchev–Trinajstić information content (AvgIpc) is 2.29. The van der Waals surface area contributed by atoms with Crippen molar-refractivity contribution < 1.29 is 15.3 Å². The summed E-state index contributed by atoms with van der Waals surface area (Å²) in [4.78, 5) is 0. The number of aromatic hydroxyl groups is 2. The highest BCUT2D eigenvalue weighted by Crippen LogP contribution is 2.48. The van der Waals surface area contributed by atoms with Gasteiger partial charge in [-0.05, 0) is 5.92 Å². The summed E-state index contributed by atoms with van der Waals surface area (Å²) in [7, 11) is 0. The van der Waals surface area contributed by atoms with Gasteiger partial charge >= 0.3 is 0 Å². The van der Waals surface area contributed by atoms with Gasteiger partial charge in [0, 0.05) is 17.7 Å². The lowest BCUT2D eigenvalue weighted by molar-refractivity contribution is 0.184. The Balaban J connectivity index is 3.65. The van der Waals surface area contributed by atoms with Gasteiger partial charge in [0.15, 0.2) is 11.5 Å². The molecule has 0 radical (unpaired) electrons. The summed E-state index contributed by atoms with van der Waals surface area (Å²) in [6, 6.07) is 0. The molecule has 0 aliphatic carbocycles. The molecule has 0 spiro atoms. The molecule has 1 aromatic carbocycles. The minimum absolute atomic E-state index is 0.0172. The summed E-state index contributed by atoms with van der Waals surface area (Å²) in [5.41, 5.74) is 6.01. The zero-order valence-electron chi connectivity index (χ0n) is 9.54. The first kappa shape index (κ1) is 14.4. The Morgan fingerprint density at radius 2 is 1.59 bits per heavy atom. The number of nitrogens with two attached hydrogens (primary N) is 1. The molecular weight excluding hydrogens is 265 g/mol. The molecule has 0 saturated carbocycles. The zero-order valence-corrected chi connectivity index (χ0v) is 11.0. The number of benzene rings is 1. The molecule has 17 heavy (non-hydrogen) atoms. The molecule has 0 bridgehead atoms. The van der Waals surface area contributed by atoms with Crippen molar-refractivity contribution in [2.24, 2.45) is 5.73 Å². The Morgan fingerprint density at radius 1 is 1.06 bits per heavy atom. The highest BCUT2D eigenvalue weighted by atomic mass is 35.5. The first-order chi connectivity index (χ1) is 7.82. The highest BCUT2D eigenvalue weighted by molar-refractivity contribution is 6.43. The van der Waals surface area contributed by atoms with Crippen LogP contribution in [-0.2, 0) is 0 Å². The Hall–Kier alpha value is -0.680. The fraction of sp³-hybridized carbons (Fsp3) is 0.455. The van der Waals surface area contributed by atoms with E-state index in [1.165, 1.54) is 0 Å². The molecule has 0 heterocycles. The Morgan fingerprint density at radius 3 is 2.00 bits per heavy atom. The summed E-state index contributed by atoms with van der Waals surface area (Å²) in [6.07, 6.45) is -1.04. The summed E-state index contributed by atoms with van der Waals surface area (Å²) < 4.78 is 0. The zero-order chi connectivity index (χ0) is 13.3. The van der Waals surface area contributed by atoms with Crippen molar-refractivity contribution in [3.8, 4) is 11.5 Å². The van der Waals surface area contributed by atoms with Crippen LogP contribution in [0.1, 0.15) is 37.0 Å². The largest absolute Gasteiger partial charge is 0.504 e. The van der Waals surface area contributed by atoms with Crippen molar-refractivity contribution in [3.63, 3.8) is 0 Å². The van der Waals surface area contributed by atoms with E-state index in [4.69, 9.17) is 28.9 Å². The molecule has 6 heteroatoms. The van der Waals surface area contributed by atoms with Crippen molar-refractivity contribution >= 4 is 23.2 Å². The van der Waals surface area contributed by atoms with Crippen LogP contribution in [0.2, 0.25) is 10.0 Å². The van der Waals surface area contributed by atoms with Gasteiger partial charge in [0.25, 0.3) is 0 Å². The van der Waals surface area contributed by atoms with E-state index in [1.807, 2.05) is 0 Å². The molecule has 0 aromatic heterocycles. The topological polar surface area (TPSA) is 86.7 Å². The maximum absolute atomic E-state index is 9.85.